The minimum absolute atomic E-state index is 0.101. The first-order chi connectivity index (χ1) is 20.9. The van der Waals surface area contributed by atoms with Crippen molar-refractivity contribution in [2.75, 3.05) is 19.1 Å². The van der Waals surface area contributed by atoms with E-state index in [1.807, 2.05) is 48.5 Å². The number of anilines is 1. The first-order valence-electron chi connectivity index (χ1n) is 12.9. The van der Waals surface area contributed by atoms with Gasteiger partial charge in [-0.2, -0.15) is 0 Å². The number of hydrogen-bond acceptors (Lipinski definition) is 11. The number of aliphatic hydroxyl groups is 1. The highest BCUT2D eigenvalue weighted by Crippen LogP contribution is 2.39. The average Bonchev–Trinajstić information content (AvgIpc) is 3.69. The molecule has 0 unspecified atom stereocenters. The van der Waals surface area contributed by atoms with Crippen LogP contribution < -0.4 is 10.1 Å². The topological polar surface area (TPSA) is 178 Å². The number of carboxylic acids is 1. The van der Waals surface area contributed by atoms with Crippen LogP contribution in [0.4, 0.5) is 10.8 Å². The van der Waals surface area contributed by atoms with Gasteiger partial charge in [-0.3, -0.25) is 15.1 Å². The predicted molar refractivity (Wildman–Crippen MR) is 161 cm³/mol. The maximum Gasteiger partial charge on any atom is 0.350 e. The number of nitro groups is 1. The fourth-order valence-corrected chi connectivity index (χ4v) is 5.20. The molecule has 3 N–H and O–H groups in total. The average molecular weight is 600 g/mol. The number of aliphatic hydroxyl groups excluding tert-OH is 1. The zero-order valence-electron chi connectivity index (χ0n) is 22.7. The highest BCUT2D eigenvalue weighted by atomic mass is 32.1. The summed E-state index contributed by atoms with van der Waals surface area (Å²) in [5, 5.41) is 41.9. The number of nitrogens with zero attached hydrogens (tertiary/aromatic N) is 6. The second-order valence-electron chi connectivity index (χ2n) is 9.09. The van der Waals surface area contributed by atoms with Gasteiger partial charge in [0.2, 0.25) is 0 Å². The lowest BCUT2D eigenvalue weighted by Gasteiger charge is -2.06. The van der Waals surface area contributed by atoms with E-state index in [1.165, 1.54) is 29.5 Å². The molecule has 218 valence electrons. The summed E-state index contributed by atoms with van der Waals surface area (Å²) < 4.78 is 6.86. The molecule has 3 aromatic carbocycles. The number of benzene rings is 3. The Labute approximate surface area is 248 Å². The van der Waals surface area contributed by atoms with Crippen molar-refractivity contribution in [3.05, 3.63) is 100 Å². The van der Waals surface area contributed by atoms with E-state index in [4.69, 9.17) is 9.72 Å². The van der Waals surface area contributed by atoms with Gasteiger partial charge in [-0.25, -0.2) is 14.5 Å². The van der Waals surface area contributed by atoms with Gasteiger partial charge in [-0.15, -0.1) is 5.10 Å². The molecule has 0 spiro atoms. The Hall–Kier alpha value is -5.47. The molecule has 0 saturated heterocycles. The van der Waals surface area contributed by atoms with Crippen LogP contribution in [0.5, 0.6) is 5.75 Å². The van der Waals surface area contributed by atoms with E-state index in [0.717, 1.165) is 21.7 Å². The summed E-state index contributed by atoms with van der Waals surface area (Å²) in [6.45, 7) is -0.306. The van der Waals surface area contributed by atoms with Crippen LogP contribution in [-0.2, 0) is 17.8 Å². The first-order valence-corrected chi connectivity index (χ1v) is 13.7. The van der Waals surface area contributed by atoms with Crippen LogP contribution in [0.25, 0.3) is 27.4 Å². The van der Waals surface area contributed by atoms with Gasteiger partial charge in [0, 0.05) is 23.6 Å². The van der Waals surface area contributed by atoms with Gasteiger partial charge < -0.3 is 20.3 Å². The largest absolute Gasteiger partial charge is 0.497 e. The molecule has 2 heterocycles. The molecular formula is C29H25N7O6S. The monoisotopic (exact) mass is 599 g/mol. The van der Waals surface area contributed by atoms with Crippen molar-refractivity contribution in [3.63, 3.8) is 0 Å². The van der Waals surface area contributed by atoms with E-state index in [9.17, 15) is 25.1 Å². The third-order valence-corrected chi connectivity index (χ3v) is 7.44. The van der Waals surface area contributed by atoms with Gasteiger partial charge >= 0.3 is 5.97 Å². The zero-order valence-corrected chi connectivity index (χ0v) is 23.6. The Kier molecular flexibility index (Phi) is 8.79. The Morgan fingerprint density at radius 3 is 2.47 bits per heavy atom. The van der Waals surface area contributed by atoms with Gasteiger partial charge in [0.25, 0.3) is 5.69 Å². The van der Waals surface area contributed by atoms with Crippen LogP contribution in [0.3, 0.4) is 0 Å². The lowest BCUT2D eigenvalue weighted by Crippen LogP contribution is -2.18. The summed E-state index contributed by atoms with van der Waals surface area (Å²) in [5.41, 5.74) is 3.53. The smallest absolute Gasteiger partial charge is 0.350 e. The zero-order chi connectivity index (χ0) is 30.3. The summed E-state index contributed by atoms with van der Waals surface area (Å²) in [5.74, 6) is -0.565. The SMILES string of the molecule is COc1ccc(-c2nc(NCN=C(Cc3ccccc3[N+](=O)[O-])C(=O)O)sc2-c2ccc(-n3cc(CO)nn3)cc2)cc1. The number of carbonyl (C=O) groups is 1. The maximum absolute atomic E-state index is 11.9. The second-order valence-corrected chi connectivity index (χ2v) is 10.1. The molecule has 0 bridgehead atoms. The summed E-state index contributed by atoms with van der Waals surface area (Å²) >= 11 is 1.37. The van der Waals surface area contributed by atoms with Gasteiger partial charge in [0.1, 0.15) is 23.8 Å². The van der Waals surface area contributed by atoms with E-state index < -0.39 is 10.9 Å². The Bertz CT molecular complexity index is 1780. The summed E-state index contributed by atoms with van der Waals surface area (Å²) in [4.78, 5) is 32.5. The van der Waals surface area contributed by atoms with Crippen LogP contribution in [0, 0.1) is 10.1 Å². The Balaban J connectivity index is 1.42. The number of carboxylic acid groups (broad SMARTS) is 1. The quantitative estimate of drug-likeness (QED) is 0.104. The molecular weight excluding hydrogens is 574 g/mol. The minimum atomic E-state index is -1.27. The third kappa shape index (κ3) is 6.72. The molecule has 0 saturated carbocycles. The standard InChI is InChI=1S/C29H25N7O6S/c1-42-23-12-8-18(9-13-23)26-27(19-6-10-22(11-7-19)35-15-21(16-37)33-34-35)43-29(32-26)31-17-30-24(28(38)39)14-20-4-2-3-5-25(20)36(40)41/h2-13,15,37H,14,16-17H2,1H3,(H,31,32)(H,38,39). The molecule has 5 rings (SSSR count). The van der Waals surface area contributed by atoms with Gasteiger partial charge in [-0.1, -0.05) is 46.9 Å². The first kappa shape index (κ1) is 29.0. The number of aliphatic carboxylic acids is 1. The summed E-state index contributed by atoms with van der Waals surface area (Å²) in [6, 6.07) is 21.1. The number of hydrogen-bond donors (Lipinski definition) is 3. The van der Waals surface area contributed by atoms with Gasteiger partial charge in [0.15, 0.2) is 5.13 Å². The number of nitrogens with one attached hydrogen (secondary N) is 1. The van der Waals surface area contributed by atoms with Crippen molar-refractivity contribution in [1.29, 1.82) is 0 Å². The number of nitro benzene ring substituents is 1. The molecule has 0 aliphatic carbocycles. The van der Waals surface area contributed by atoms with Crippen molar-refractivity contribution < 1.29 is 24.7 Å². The van der Waals surface area contributed by atoms with Crippen LogP contribution in [0.2, 0.25) is 0 Å². The van der Waals surface area contributed by atoms with Crippen LogP contribution in [-0.4, -0.2) is 60.6 Å². The van der Waals surface area contributed by atoms with Crippen LogP contribution in [0.1, 0.15) is 11.3 Å². The van der Waals surface area contributed by atoms with Crippen molar-refractivity contribution in [2.45, 2.75) is 13.0 Å². The molecule has 5 aromatic rings. The van der Waals surface area contributed by atoms with Crippen molar-refractivity contribution in [2.24, 2.45) is 4.99 Å². The fourth-order valence-electron chi connectivity index (χ4n) is 4.22. The van der Waals surface area contributed by atoms with Gasteiger partial charge in [-0.05, 0) is 42.0 Å². The molecule has 2 aromatic heterocycles. The number of thiazole rings is 1. The van der Waals surface area contributed by atoms with E-state index in [1.54, 1.807) is 24.1 Å². The number of methoxy groups -OCH3 is 1. The predicted octanol–water partition coefficient (Wildman–Crippen LogP) is 4.60. The minimum Gasteiger partial charge on any atom is -0.497 e. The molecule has 0 aliphatic rings. The normalized spacial score (nSPS) is 11.3. The van der Waals surface area contributed by atoms with E-state index in [-0.39, 0.29) is 36.7 Å². The van der Waals surface area contributed by atoms with Crippen molar-refractivity contribution >= 4 is 33.8 Å². The molecule has 0 fully saturated rings. The number of aromatic nitrogens is 4. The molecule has 13 nitrogen and oxygen atoms in total. The highest BCUT2D eigenvalue weighted by Gasteiger charge is 2.19. The highest BCUT2D eigenvalue weighted by molar-refractivity contribution is 7.19. The summed E-state index contributed by atoms with van der Waals surface area (Å²) in [6.07, 6.45) is 1.45. The Morgan fingerprint density at radius 1 is 1.09 bits per heavy atom. The lowest BCUT2D eigenvalue weighted by molar-refractivity contribution is -0.385. The van der Waals surface area contributed by atoms with Crippen LogP contribution in [0.15, 0.2) is 84.0 Å². The second kappa shape index (κ2) is 13.0. The third-order valence-electron chi connectivity index (χ3n) is 6.38. The number of rotatable bonds is 12. The molecule has 0 amide bonds. The number of aliphatic imine (C=N–C) groups is 1. The van der Waals surface area contributed by atoms with E-state index in [0.29, 0.717) is 22.3 Å². The van der Waals surface area contributed by atoms with Crippen molar-refractivity contribution in [1.82, 2.24) is 20.0 Å². The molecule has 43 heavy (non-hydrogen) atoms. The lowest BCUT2D eigenvalue weighted by atomic mass is 10.1. The molecule has 0 aliphatic heterocycles. The summed E-state index contributed by atoms with van der Waals surface area (Å²) in [7, 11) is 1.59. The van der Waals surface area contributed by atoms with Crippen molar-refractivity contribution in [3.8, 4) is 33.1 Å². The Morgan fingerprint density at radius 2 is 1.81 bits per heavy atom. The number of para-hydroxylation sites is 1. The fraction of sp³-hybridized carbons (Fsp3) is 0.138. The van der Waals surface area contributed by atoms with Gasteiger partial charge in [0.05, 0.1) is 41.1 Å². The van der Waals surface area contributed by atoms with E-state index >= 15 is 0 Å². The van der Waals surface area contributed by atoms with Crippen LogP contribution >= 0.6 is 11.3 Å². The number of ether oxygens (including phenoxy) is 1. The molecule has 0 atom stereocenters. The maximum atomic E-state index is 11.9. The van der Waals surface area contributed by atoms with E-state index in [2.05, 4.69) is 20.6 Å². The molecule has 0 radical (unpaired) electrons. The molecule has 14 heteroatoms.